The Labute approximate surface area is 141 Å². The van der Waals surface area contributed by atoms with Crippen LogP contribution in [0, 0.1) is 6.92 Å². The monoisotopic (exact) mass is 327 g/mol. The normalized spacial score (nSPS) is 15.0. The molecule has 0 spiro atoms. The summed E-state index contributed by atoms with van der Waals surface area (Å²) in [5, 5.41) is 2.89. The summed E-state index contributed by atoms with van der Waals surface area (Å²) < 4.78 is 10.8. The van der Waals surface area contributed by atoms with E-state index in [0.29, 0.717) is 25.5 Å². The highest BCUT2D eigenvalue weighted by molar-refractivity contribution is 5.91. The van der Waals surface area contributed by atoms with Gasteiger partial charge in [-0.3, -0.25) is 4.79 Å². The summed E-state index contributed by atoms with van der Waals surface area (Å²) in [7, 11) is 0. The van der Waals surface area contributed by atoms with Gasteiger partial charge in [-0.1, -0.05) is 6.07 Å². The number of ether oxygens (including phenoxy) is 1. The Kier molecular flexibility index (Phi) is 5.28. The van der Waals surface area contributed by atoms with Gasteiger partial charge >= 0.3 is 0 Å². The minimum Gasteiger partial charge on any atom is -0.462 e. The number of nitrogens with zero attached hydrogens (tertiary/aromatic N) is 2. The fourth-order valence-electron chi connectivity index (χ4n) is 2.57. The van der Waals surface area contributed by atoms with Crippen LogP contribution in [0.25, 0.3) is 6.08 Å². The maximum absolute atomic E-state index is 12.0. The van der Waals surface area contributed by atoms with Gasteiger partial charge in [-0.25, -0.2) is 4.98 Å². The molecule has 1 fully saturated rings. The lowest BCUT2D eigenvalue weighted by Crippen LogP contribution is -2.37. The molecule has 1 amide bonds. The van der Waals surface area contributed by atoms with Crippen molar-refractivity contribution in [2.45, 2.75) is 13.5 Å². The molecule has 0 aliphatic carbocycles. The Morgan fingerprint density at radius 1 is 1.33 bits per heavy atom. The largest absolute Gasteiger partial charge is 0.462 e. The Balaban J connectivity index is 1.60. The Morgan fingerprint density at radius 3 is 2.92 bits per heavy atom. The average Bonchev–Trinajstić information content (AvgIpc) is 3.04. The summed E-state index contributed by atoms with van der Waals surface area (Å²) in [6, 6.07) is 7.56. The van der Waals surface area contributed by atoms with E-state index in [1.54, 1.807) is 12.3 Å². The number of furan rings is 1. The van der Waals surface area contributed by atoms with Gasteiger partial charge < -0.3 is 19.4 Å². The van der Waals surface area contributed by atoms with E-state index in [1.165, 1.54) is 6.08 Å². The molecule has 0 unspecified atom stereocenters. The first kappa shape index (κ1) is 16.3. The van der Waals surface area contributed by atoms with Crippen molar-refractivity contribution in [2.75, 3.05) is 31.2 Å². The fraction of sp³-hybridized carbons (Fsp3) is 0.333. The van der Waals surface area contributed by atoms with Crippen LogP contribution in [0.2, 0.25) is 0 Å². The van der Waals surface area contributed by atoms with Gasteiger partial charge in [-0.15, -0.1) is 0 Å². The molecule has 1 N–H and O–H groups in total. The molecule has 1 aliphatic heterocycles. The van der Waals surface area contributed by atoms with Crippen molar-refractivity contribution in [2.24, 2.45) is 0 Å². The minimum absolute atomic E-state index is 0.166. The zero-order chi connectivity index (χ0) is 16.8. The second kappa shape index (κ2) is 7.79. The lowest BCUT2D eigenvalue weighted by Gasteiger charge is -2.29. The van der Waals surface area contributed by atoms with E-state index in [-0.39, 0.29) is 5.91 Å². The molecule has 2 aromatic heterocycles. The van der Waals surface area contributed by atoms with Crippen molar-refractivity contribution in [1.82, 2.24) is 10.3 Å². The summed E-state index contributed by atoms with van der Waals surface area (Å²) >= 11 is 0. The molecule has 126 valence electrons. The van der Waals surface area contributed by atoms with Gasteiger partial charge in [0, 0.05) is 37.5 Å². The van der Waals surface area contributed by atoms with E-state index in [2.05, 4.69) is 15.2 Å². The van der Waals surface area contributed by atoms with Crippen LogP contribution >= 0.6 is 0 Å². The average molecular weight is 327 g/mol. The van der Waals surface area contributed by atoms with Crippen LogP contribution in [0.5, 0.6) is 0 Å². The molecule has 0 aromatic carbocycles. The molecular formula is C18H21N3O3. The Morgan fingerprint density at radius 2 is 2.17 bits per heavy atom. The molecule has 3 rings (SSSR count). The molecule has 0 radical (unpaired) electrons. The molecule has 0 atom stereocenters. The number of hydrogen-bond acceptors (Lipinski definition) is 5. The van der Waals surface area contributed by atoms with Crippen molar-refractivity contribution >= 4 is 17.8 Å². The van der Waals surface area contributed by atoms with Crippen LogP contribution in [-0.4, -0.2) is 37.2 Å². The highest BCUT2D eigenvalue weighted by Gasteiger charge is 2.15. The van der Waals surface area contributed by atoms with Crippen LogP contribution in [0.1, 0.15) is 17.1 Å². The lowest BCUT2D eigenvalue weighted by molar-refractivity contribution is -0.116. The zero-order valence-electron chi connectivity index (χ0n) is 13.7. The highest BCUT2D eigenvalue weighted by atomic mass is 16.5. The first-order valence-corrected chi connectivity index (χ1v) is 8.01. The molecule has 1 aliphatic rings. The van der Waals surface area contributed by atoms with Crippen LogP contribution in [0.4, 0.5) is 5.82 Å². The van der Waals surface area contributed by atoms with Gasteiger partial charge in [0.2, 0.25) is 5.91 Å². The molecule has 2 aromatic rings. The second-order valence-electron chi connectivity index (χ2n) is 5.59. The summed E-state index contributed by atoms with van der Waals surface area (Å²) in [6.45, 7) is 5.33. The van der Waals surface area contributed by atoms with E-state index >= 15 is 0 Å². The Bertz CT molecular complexity index is 718. The number of morpholine rings is 1. The van der Waals surface area contributed by atoms with Crippen molar-refractivity contribution in [3.63, 3.8) is 0 Å². The standard InChI is InChI=1S/C18H21N3O3/c1-14-4-5-16(24-14)6-7-17(22)20-13-15-3-2-8-19-18(15)21-9-11-23-12-10-21/h2-8H,9-13H2,1H3,(H,20,22)/b7-6+. The Hall–Kier alpha value is -2.60. The summed E-state index contributed by atoms with van der Waals surface area (Å²) in [5.74, 6) is 2.23. The van der Waals surface area contributed by atoms with Gasteiger partial charge in [0.15, 0.2) is 0 Å². The van der Waals surface area contributed by atoms with Crippen LogP contribution in [0.15, 0.2) is 41.0 Å². The second-order valence-corrected chi connectivity index (χ2v) is 5.59. The van der Waals surface area contributed by atoms with E-state index in [0.717, 1.165) is 30.2 Å². The number of nitrogens with one attached hydrogen (secondary N) is 1. The smallest absolute Gasteiger partial charge is 0.244 e. The maximum atomic E-state index is 12.0. The first-order valence-electron chi connectivity index (χ1n) is 8.01. The summed E-state index contributed by atoms with van der Waals surface area (Å²) in [4.78, 5) is 18.6. The number of carbonyl (C=O) groups is 1. The number of anilines is 1. The van der Waals surface area contributed by atoms with Gasteiger partial charge in [0.25, 0.3) is 0 Å². The number of aromatic nitrogens is 1. The molecule has 3 heterocycles. The van der Waals surface area contributed by atoms with Crippen molar-refractivity contribution < 1.29 is 13.9 Å². The zero-order valence-corrected chi connectivity index (χ0v) is 13.7. The van der Waals surface area contributed by atoms with Crippen LogP contribution < -0.4 is 10.2 Å². The first-order chi connectivity index (χ1) is 11.7. The number of aryl methyl sites for hydroxylation is 1. The van der Waals surface area contributed by atoms with Crippen LogP contribution in [0.3, 0.4) is 0 Å². The molecule has 6 heteroatoms. The third-order valence-electron chi connectivity index (χ3n) is 3.79. The number of carbonyl (C=O) groups excluding carboxylic acids is 1. The van der Waals surface area contributed by atoms with Crippen molar-refractivity contribution in [1.29, 1.82) is 0 Å². The predicted molar refractivity (Wildman–Crippen MR) is 91.6 cm³/mol. The quantitative estimate of drug-likeness (QED) is 0.852. The fourth-order valence-corrected chi connectivity index (χ4v) is 2.57. The van der Waals surface area contributed by atoms with Crippen LogP contribution in [-0.2, 0) is 16.1 Å². The third-order valence-corrected chi connectivity index (χ3v) is 3.79. The number of pyridine rings is 1. The molecule has 0 bridgehead atoms. The maximum Gasteiger partial charge on any atom is 0.244 e. The molecule has 6 nitrogen and oxygen atoms in total. The van der Waals surface area contributed by atoms with Gasteiger partial charge in [-0.2, -0.15) is 0 Å². The molecule has 24 heavy (non-hydrogen) atoms. The molecular weight excluding hydrogens is 306 g/mol. The van der Waals surface area contributed by atoms with Gasteiger partial charge in [-0.05, 0) is 31.2 Å². The topological polar surface area (TPSA) is 67.6 Å². The lowest BCUT2D eigenvalue weighted by atomic mass is 10.2. The number of amides is 1. The van der Waals surface area contributed by atoms with Gasteiger partial charge in [0.05, 0.1) is 13.2 Å². The summed E-state index contributed by atoms with van der Waals surface area (Å²) in [6.07, 6.45) is 4.91. The van der Waals surface area contributed by atoms with E-state index in [4.69, 9.17) is 9.15 Å². The van der Waals surface area contributed by atoms with E-state index in [9.17, 15) is 4.79 Å². The molecule has 0 saturated carbocycles. The number of hydrogen-bond donors (Lipinski definition) is 1. The summed E-state index contributed by atoms with van der Waals surface area (Å²) in [5.41, 5.74) is 0.995. The van der Waals surface area contributed by atoms with Crippen molar-refractivity contribution in [3.8, 4) is 0 Å². The van der Waals surface area contributed by atoms with Crippen molar-refractivity contribution in [3.05, 3.63) is 53.6 Å². The predicted octanol–water partition coefficient (Wildman–Crippen LogP) is 2.15. The number of rotatable bonds is 5. The van der Waals surface area contributed by atoms with E-state index < -0.39 is 0 Å². The third kappa shape index (κ3) is 4.23. The minimum atomic E-state index is -0.166. The molecule has 1 saturated heterocycles. The van der Waals surface area contributed by atoms with Gasteiger partial charge in [0.1, 0.15) is 17.3 Å². The highest BCUT2D eigenvalue weighted by Crippen LogP contribution is 2.18. The SMILES string of the molecule is Cc1ccc(/C=C/C(=O)NCc2cccnc2N2CCOCC2)o1. The van der Waals surface area contributed by atoms with E-state index in [1.807, 2.05) is 31.2 Å².